The molecule has 0 aliphatic carbocycles. The first-order valence-electron chi connectivity index (χ1n) is 9.12. The van der Waals surface area contributed by atoms with Crippen LogP contribution < -0.4 is 5.69 Å². The summed E-state index contributed by atoms with van der Waals surface area (Å²) in [6.07, 6.45) is 3.46. The van der Waals surface area contributed by atoms with Gasteiger partial charge in [0.1, 0.15) is 0 Å². The Morgan fingerprint density at radius 1 is 1.07 bits per heavy atom. The number of hydrogen-bond donors (Lipinski definition) is 1. The van der Waals surface area contributed by atoms with E-state index in [1.54, 1.807) is 33.8 Å². The molecule has 2 aromatic carbocycles. The zero-order valence-corrected chi connectivity index (χ0v) is 16.5. The van der Waals surface area contributed by atoms with E-state index >= 15 is 0 Å². The highest BCUT2D eigenvalue weighted by atomic mass is 35.5. The van der Waals surface area contributed by atoms with Crippen molar-refractivity contribution in [3.63, 3.8) is 0 Å². The molecule has 8 nitrogen and oxygen atoms in total. The lowest BCUT2D eigenvalue weighted by Crippen LogP contribution is -2.15. The van der Waals surface area contributed by atoms with Gasteiger partial charge in [-0.25, -0.2) is 9.48 Å². The molecule has 9 heteroatoms. The zero-order valence-electron chi connectivity index (χ0n) is 15.8. The molecule has 0 saturated heterocycles. The molecular weight excluding hydrogens is 404 g/mol. The minimum atomic E-state index is -0.204. The van der Waals surface area contributed by atoms with Gasteiger partial charge in [0.05, 0.1) is 11.4 Å². The van der Waals surface area contributed by atoms with Crippen LogP contribution in [0.15, 0.2) is 76.3 Å². The molecule has 30 heavy (non-hydrogen) atoms. The Bertz CT molecular complexity index is 1410. The Kier molecular flexibility index (Phi) is 4.33. The van der Waals surface area contributed by atoms with Crippen LogP contribution in [-0.2, 0) is 0 Å². The van der Waals surface area contributed by atoms with E-state index in [2.05, 4.69) is 20.2 Å². The van der Waals surface area contributed by atoms with Gasteiger partial charge in [-0.15, -0.1) is 0 Å². The molecule has 0 fully saturated rings. The Morgan fingerprint density at radius 2 is 1.90 bits per heavy atom. The lowest BCUT2D eigenvalue weighted by molar-refractivity contribution is 0.430. The third-order valence-corrected chi connectivity index (χ3v) is 4.86. The fourth-order valence-electron chi connectivity index (χ4n) is 3.21. The van der Waals surface area contributed by atoms with Gasteiger partial charge in [-0.3, -0.25) is 4.57 Å². The Morgan fingerprint density at radius 3 is 2.70 bits per heavy atom. The summed E-state index contributed by atoms with van der Waals surface area (Å²) in [5.41, 5.74) is 3.41. The van der Waals surface area contributed by atoms with Crippen LogP contribution in [0.25, 0.3) is 34.3 Å². The van der Waals surface area contributed by atoms with Gasteiger partial charge in [0.15, 0.2) is 5.69 Å². The molecule has 0 aliphatic rings. The molecule has 0 unspecified atom stereocenters. The van der Waals surface area contributed by atoms with E-state index in [-0.39, 0.29) is 5.69 Å². The Balaban J connectivity index is 1.47. The first-order valence-corrected chi connectivity index (χ1v) is 9.50. The first-order chi connectivity index (χ1) is 14.6. The van der Waals surface area contributed by atoms with Crippen LogP contribution in [-0.4, -0.2) is 29.5 Å². The van der Waals surface area contributed by atoms with Gasteiger partial charge >= 0.3 is 5.69 Å². The van der Waals surface area contributed by atoms with Crippen LogP contribution in [0.1, 0.15) is 5.69 Å². The normalized spacial score (nSPS) is 11.1. The van der Waals surface area contributed by atoms with Crippen LogP contribution in [0.5, 0.6) is 0 Å². The lowest BCUT2D eigenvalue weighted by atomic mass is 10.2. The number of H-pyrrole nitrogens is 1. The van der Waals surface area contributed by atoms with E-state index in [1.165, 1.54) is 0 Å². The number of aromatic nitrogens is 6. The van der Waals surface area contributed by atoms with Gasteiger partial charge < -0.3 is 9.51 Å². The van der Waals surface area contributed by atoms with Crippen LogP contribution in [0, 0.1) is 6.92 Å². The van der Waals surface area contributed by atoms with Crippen molar-refractivity contribution >= 4 is 11.6 Å². The summed E-state index contributed by atoms with van der Waals surface area (Å²) in [6, 6.07) is 16.5. The molecule has 0 aliphatic heterocycles. The summed E-state index contributed by atoms with van der Waals surface area (Å²) in [5.74, 6) is 0.705. The summed E-state index contributed by atoms with van der Waals surface area (Å²) < 4.78 is 8.69. The molecular formula is C21H15ClN6O2. The highest BCUT2D eigenvalue weighted by Crippen LogP contribution is 2.24. The van der Waals surface area contributed by atoms with E-state index in [0.29, 0.717) is 28.1 Å². The average molecular weight is 419 g/mol. The molecule has 0 saturated carbocycles. The topological polar surface area (TPSA) is 94.5 Å². The molecule has 3 aromatic heterocycles. The monoisotopic (exact) mass is 418 g/mol. The quantitative estimate of drug-likeness (QED) is 0.475. The fraction of sp³-hybridized carbons (Fsp3) is 0.0476. The van der Waals surface area contributed by atoms with E-state index in [0.717, 1.165) is 16.9 Å². The van der Waals surface area contributed by atoms with Crippen LogP contribution in [0.4, 0.5) is 0 Å². The number of hydrogen-bond acceptors (Lipinski definition) is 5. The minimum Gasteiger partial charge on any atom is -0.332 e. The Hall–Kier alpha value is -3.91. The van der Waals surface area contributed by atoms with Gasteiger partial charge in [-0.2, -0.15) is 10.1 Å². The molecule has 1 N–H and O–H groups in total. The predicted molar refractivity (Wildman–Crippen MR) is 112 cm³/mol. The highest BCUT2D eigenvalue weighted by molar-refractivity contribution is 6.30. The van der Waals surface area contributed by atoms with Crippen LogP contribution in [0.3, 0.4) is 0 Å². The predicted octanol–water partition coefficient (Wildman–Crippen LogP) is 4.03. The molecule has 5 rings (SSSR count). The lowest BCUT2D eigenvalue weighted by Gasteiger charge is -2.05. The molecule has 5 aromatic rings. The minimum absolute atomic E-state index is 0.204. The summed E-state index contributed by atoms with van der Waals surface area (Å²) in [7, 11) is 0. The molecule has 0 amide bonds. The van der Waals surface area contributed by atoms with Crippen LogP contribution in [0.2, 0.25) is 5.02 Å². The van der Waals surface area contributed by atoms with Gasteiger partial charge in [0.2, 0.25) is 5.82 Å². The molecule has 0 spiro atoms. The van der Waals surface area contributed by atoms with Gasteiger partial charge in [0, 0.05) is 28.7 Å². The molecule has 0 radical (unpaired) electrons. The maximum atomic E-state index is 12.1. The number of nitrogens with zero attached hydrogens (tertiary/aromatic N) is 5. The van der Waals surface area contributed by atoms with Crippen molar-refractivity contribution in [2.75, 3.05) is 0 Å². The summed E-state index contributed by atoms with van der Waals surface area (Å²) in [4.78, 5) is 19.2. The number of rotatable bonds is 4. The van der Waals surface area contributed by atoms with Crippen molar-refractivity contribution in [1.29, 1.82) is 0 Å². The van der Waals surface area contributed by atoms with E-state index < -0.39 is 0 Å². The number of halogens is 1. The highest BCUT2D eigenvalue weighted by Gasteiger charge is 2.15. The number of nitrogens with one attached hydrogen (secondary N) is 1. The van der Waals surface area contributed by atoms with Crippen molar-refractivity contribution in [2.24, 2.45) is 0 Å². The SMILES string of the molecule is Cc1c[nH]c(=O)n1-c1cccc(-c2noc(-c3ccn(-c4cccc(Cl)c4)n3)n2)c1. The van der Waals surface area contributed by atoms with Gasteiger partial charge in [-0.05, 0) is 43.3 Å². The average Bonchev–Trinajstić information content (AvgIpc) is 3.48. The third-order valence-electron chi connectivity index (χ3n) is 4.63. The number of imidazole rings is 1. The summed E-state index contributed by atoms with van der Waals surface area (Å²) >= 11 is 6.05. The third kappa shape index (κ3) is 3.23. The summed E-state index contributed by atoms with van der Waals surface area (Å²) in [6.45, 7) is 1.85. The van der Waals surface area contributed by atoms with Crippen molar-refractivity contribution in [3.05, 3.63) is 88.2 Å². The van der Waals surface area contributed by atoms with Crippen molar-refractivity contribution in [3.8, 4) is 34.3 Å². The second-order valence-electron chi connectivity index (χ2n) is 6.67. The second kappa shape index (κ2) is 7.16. The van der Waals surface area contributed by atoms with Crippen molar-refractivity contribution in [1.82, 2.24) is 29.5 Å². The van der Waals surface area contributed by atoms with E-state index in [4.69, 9.17) is 16.1 Å². The van der Waals surface area contributed by atoms with Gasteiger partial charge in [-0.1, -0.05) is 35.0 Å². The number of aromatic amines is 1. The van der Waals surface area contributed by atoms with Crippen LogP contribution >= 0.6 is 11.6 Å². The van der Waals surface area contributed by atoms with Gasteiger partial charge in [0.25, 0.3) is 5.89 Å². The first kappa shape index (κ1) is 18.1. The molecule has 0 bridgehead atoms. The number of aryl methyl sites for hydroxylation is 1. The smallest absolute Gasteiger partial charge is 0.330 e. The largest absolute Gasteiger partial charge is 0.332 e. The maximum absolute atomic E-state index is 12.1. The molecule has 0 atom stereocenters. The second-order valence-corrected chi connectivity index (χ2v) is 7.11. The van der Waals surface area contributed by atoms with E-state index in [1.807, 2.05) is 49.4 Å². The van der Waals surface area contributed by atoms with Crippen molar-refractivity contribution < 1.29 is 4.52 Å². The molecule has 148 valence electrons. The van der Waals surface area contributed by atoms with Crippen molar-refractivity contribution in [2.45, 2.75) is 6.92 Å². The van der Waals surface area contributed by atoms with E-state index in [9.17, 15) is 4.79 Å². The Labute approximate surface area is 175 Å². The number of benzene rings is 2. The zero-order chi connectivity index (χ0) is 20.7. The molecule has 3 heterocycles. The summed E-state index contributed by atoms with van der Waals surface area (Å²) in [5, 5.41) is 9.19. The fourth-order valence-corrected chi connectivity index (χ4v) is 3.39. The standard InChI is InChI=1S/C21H15ClN6O2/c1-13-12-23-21(29)28(13)17-7-2-4-14(10-17)19-24-20(30-26-19)18-8-9-27(25-18)16-6-3-5-15(22)11-16/h2-12H,1H3,(H,23,29). The maximum Gasteiger partial charge on any atom is 0.330 e.